The Morgan fingerprint density at radius 2 is 1.05 bits per heavy atom. The van der Waals surface area contributed by atoms with Gasteiger partial charge in [-0.15, -0.1) is 0 Å². The van der Waals surface area contributed by atoms with Gasteiger partial charge in [0.1, 0.15) is 20.9 Å². The van der Waals surface area contributed by atoms with Crippen LogP contribution in [0.3, 0.4) is 0 Å². The largest absolute Gasteiger partial charge is 0.473 e. The molecule has 2 aromatic carbocycles. The molecule has 1 N–H and O–H groups in total. The maximum Gasteiger partial charge on any atom is 0.473 e. The van der Waals surface area contributed by atoms with Gasteiger partial charge in [0.15, 0.2) is 0 Å². The number of rotatable bonds is 8. The predicted octanol–water partition coefficient (Wildman–Crippen LogP) is 10.4. The lowest BCUT2D eigenvalue weighted by Gasteiger charge is -2.39. The van der Waals surface area contributed by atoms with Gasteiger partial charge in [0.25, 0.3) is 0 Å². The van der Waals surface area contributed by atoms with Crippen molar-refractivity contribution in [3.63, 3.8) is 0 Å². The average molecular weight is 806 g/mol. The zero-order valence-electron chi connectivity index (χ0n) is 22.0. The molecule has 4 rings (SSSR count). The fraction of sp³-hybridized carbons (Fsp3) is 0.333. The van der Waals surface area contributed by atoms with Gasteiger partial charge in [-0.05, 0) is 46.2 Å². The molecule has 0 spiro atoms. The molecule has 2 aromatic rings. The first-order valence-corrected chi connectivity index (χ1v) is 17.3. The maximum absolute atomic E-state index is 13.7. The summed E-state index contributed by atoms with van der Waals surface area (Å²) in [5, 5.41) is 0. The van der Waals surface area contributed by atoms with Crippen LogP contribution in [0.4, 0.5) is 0 Å². The SMILES string of the molecule is CC(C)c1ccc(C2(Br)C=CC=C(Br)C2OP(=O)(O)OC2C(Br)=CC=CC2(Br)c2ccc(C(C)C)cc2)cc1. The van der Waals surface area contributed by atoms with Crippen LogP contribution in [-0.2, 0) is 22.3 Å². The molecule has 2 aliphatic carbocycles. The molecule has 0 saturated heterocycles. The highest BCUT2D eigenvalue weighted by Gasteiger charge is 2.48. The van der Waals surface area contributed by atoms with E-state index < -0.39 is 28.7 Å². The van der Waals surface area contributed by atoms with Crippen molar-refractivity contribution in [2.75, 3.05) is 0 Å². The fourth-order valence-electron chi connectivity index (χ4n) is 4.60. The van der Waals surface area contributed by atoms with E-state index in [-0.39, 0.29) is 0 Å². The van der Waals surface area contributed by atoms with Crippen LogP contribution in [-0.4, -0.2) is 17.1 Å². The summed E-state index contributed by atoms with van der Waals surface area (Å²) in [6.45, 7) is 8.55. The van der Waals surface area contributed by atoms with Crippen LogP contribution in [0.5, 0.6) is 0 Å². The van der Waals surface area contributed by atoms with Crippen molar-refractivity contribution in [2.24, 2.45) is 0 Å². The third-order valence-electron chi connectivity index (χ3n) is 6.97. The number of hydrogen-bond acceptors (Lipinski definition) is 3. The smallest absolute Gasteiger partial charge is 0.302 e. The predicted molar refractivity (Wildman–Crippen MR) is 174 cm³/mol. The van der Waals surface area contributed by atoms with Crippen LogP contribution in [0.25, 0.3) is 0 Å². The molecule has 9 heteroatoms. The number of benzene rings is 2. The molecule has 39 heavy (non-hydrogen) atoms. The van der Waals surface area contributed by atoms with Gasteiger partial charge in [0, 0.05) is 8.96 Å². The highest BCUT2D eigenvalue weighted by atomic mass is 79.9. The van der Waals surface area contributed by atoms with E-state index in [2.05, 4.69) is 116 Å². The number of allylic oxidation sites excluding steroid dienone is 4. The topological polar surface area (TPSA) is 55.8 Å². The second-order valence-electron chi connectivity index (χ2n) is 10.4. The average Bonchev–Trinajstić information content (AvgIpc) is 2.89. The molecule has 2 aliphatic rings. The number of alkyl halides is 2. The summed E-state index contributed by atoms with van der Waals surface area (Å²) < 4.78 is 25.0. The monoisotopic (exact) mass is 802 g/mol. The van der Waals surface area contributed by atoms with E-state index in [9.17, 15) is 9.46 Å². The Hall–Kier alpha value is -0.570. The van der Waals surface area contributed by atoms with E-state index in [1.54, 1.807) is 12.2 Å². The quantitative estimate of drug-likeness (QED) is 0.213. The van der Waals surface area contributed by atoms with Gasteiger partial charge in [-0.25, -0.2) is 4.57 Å². The minimum Gasteiger partial charge on any atom is -0.302 e. The number of halogens is 4. The number of hydrogen-bond donors (Lipinski definition) is 1. The van der Waals surface area contributed by atoms with Crippen LogP contribution in [0.1, 0.15) is 61.8 Å². The van der Waals surface area contributed by atoms with E-state index in [0.29, 0.717) is 20.8 Å². The summed E-state index contributed by atoms with van der Waals surface area (Å²) in [6.07, 6.45) is 9.48. The van der Waals surface area contributed by atoms with E-state index in [4.69, 9.17) is 9.05 Å². The number of phosphoric acid groups is 1. The molecule has 208 valence electrons. The zero-order chi connectivity index (χ0) is 28.6. The Morgan fingerprint density at radius 1 is 0.718 bits per heavy atom. The van der Waals surface area contributed by atoms with Crippen LogP contribution < -0.4 is 0 Å². The Bertz CT molecular complexity index is 1260. The Balaban J connectivity index is 1.63. The van der Waals surface area contributed by atoms with E-state index >= 15 is 0 Å². The van der Waals surface area contributed by atoms with Gasteiger partial charge in [-0.2, -0.15) is 0 Å². The summed E-state index contributed by atoms with van der Waals surface area (Å²) in [6, 6.07) is 16.3. The van der Waals surface area contributed by atoms with Gasteiger partial charge in [-0.3, -0.25) is 9.05 Å². The third kappa shape index (κ3) is 6.75. The molecule has 0 saturated carbocycles. The normalized spacial score (nSPS) is 28.4. The first-order chi connectivity index (χ1) is 18.3. The van der Waals surface area contributed by atoms with Gasteiger partial charge < -0.3 is 4.89 Å². The Morgan fingerprint density at radius 3 is 1.36 bits per heavy atom. The van der Waals surface area contributed by atoms with Crippen molar-refractivity contribution in [1.29, 1.82) is 0 Å². The molecule has 4 atom stereocenters. The lowest BCUT2D eigenvalue weighted by molar-refractivity contribution is 0.0857. The molecule has 4 unspecified atom stereocenters. The second-order valence-corrected chi connectivity index (χ2v) is 16.2. The summed E-state index contributed by atoms with van der Waals surface area (Å²) in [4.78, 5) is 11.2. The first kappa shape index (κ1) is 31.4. The molecule has 0 bridgehead atoms. The molecule has 0 fully saturated rings. The van der Waals surface area contributed by atoms with Crippen molar-refractivity contribution in [1.82, 2.24) is 0 Å². The van der Waals surface area contributed by atoms with Crippen molar-refractivity contribution in [3.8, 4) is 0 Å². The molecule has 0 aromatic heterocycles. The highest BCUT2D eigenvalue weighted by molar-refractivity contribution is 9.12. The van der Waals surface area contributed by atoms with E-state index in [1.807, 2.05) is 48.6 Å². The number of phosphoric ester groups is 1. The summed E-state index contributed by atoms with van der Waals surface area (Å²) in [7, 11) is -4.62. The highest BCUT2D eigenvalue weighted by Crippen LogP contribution is 2.58. The van der Waals surface area contributed by atoms with Crippen LogP contribution >= 0.6 is 71.5 Å². The minimum absolute atomic E-state index is 0.388. The van der Waals surface area contributed by atoms with Gasteiger partial charge in [0.05, 0.1) is 0 Å². The molecule has 0 aliphatic heterocycles. The lowest BCUT2D eigenvalue weighted by atomic mass is 9.88. The molecule has 0 amide bonds. The zero-order valence-corrected chi connectivity index (χ0v) is 29.3. The van der Waals surface area contributed by atoms with Gasteiger partial charge >= 0.3 is 7.82 Å². The Kier molecular flexibility index (Phi) is 9.93. The van der Waals surface area contributed by atoms with Crippen molar-refractivity contribution in [3.05, 3.63) is 116 Å². The molecular weight excluding hydrogens is 775 g/mol. The van der Waals surface area contributed by atoms with E-state index in [0.717, 1.165) is 11.1 Å². The van der Waals surface area contributed by atoms with Crippen molar-refractivity contribution in [2.45, 2.75) is 60.4 Å². The fourth-order valence-corrected chi connectivity index (χ4v) is 9.66. The standard InChI is InChI=1S/C30H31Br4O4P/c1-19(2)21-9-13-23(14-10-21)29(33)17-5-7-25(31)27(29)37-39(35,36)38-28-26(32)8-6-18-30(28,34)24-15-11-22(12-16-24)20(3)4/h5-20,27-28H,1-4H3,(H,35,36). The van der Waals surface area contributed by atoms with E-state index in [1.165, 1.54) is 11.1 Å². The van der Waals surface area contributed by atoms with Gasteiger partial charge in [-0.1, -0.05) is 164 Å². The summed E-state index contributed by atoms with van der Waals surface area (Å²) in [5.41, 5.74) is 4.19. The summed E-state index contributed by atoms with van der Waals surface area (Å²) >= 11 is 14.8. The minimum atomic E-state index is -4.62. The van der Waals surface area contributed by atoms with Crippen molar-refractivity contribution >= 4 is 71.5 Å². The maximum atomic E-state index is 13.7. The third-order valence-corrected chi connectivity index (χ3v) is 11.6. The van der Waals surface area contributed by atoms with Gasteiger partial charge in [0.2, 0.25) is 0 Å². The summed E-state index contributed by atoms with van der Waals surface area (Å²) in [5.74, 6) is 0.776. The van der Waals surface area contributed by atoms with Crippen molar-refractivity contribution < 1.29 is 18.5 Å². The lowest BCUT2D eigenvalue weighted by Crippen LogP contribution is -2.38. The van der Waals surface area contributed by atoms with Crippen LogP contribution in [0.2, 0.25) is 0 Å². The second kappa shape index (κ2) is 12.3. The molecular formula is C30H31Br4O4P. The first-order valence-electron chi connectivity index (χ1n) is 12.6. The van der Waals surface area contributed by atoms with Crippen LogP contribution in [0.15, 0.2) is 94.0 Å². The Labute approximate surface area is 264 Å². The van der Waals surface area contributed by atoms with Crippen LogP contribution in [0, 0.1) is 0 Å². The molecule has 0 heterocycles. The molecule has 4 nitrogen and oxygen atoms in total. The molecule has 0 radical (unpaired) electrons.